The first kappa shape index (κ1) is 14.9. The summed E-state index contributed by atoms with van der Waals surface area (Å²) in [6.45, 7) is 0. The first-order valence-corrected chi connectivity index (χ1v) is 9.19. The molecule has 3 heteroatoms. The number of hydrogen-bond donors (Lipinski definition) is 0. The van der Waals surface area contributed by atoms with Crippen LogP contribution >= 0.6 is 11.6 Å². The van der Waals surface area contributed by atoms with Gasteiger partial charge in [-0.3, -0.25) is 0 Å². The number of halogens is 1. The second-order valence-corrected chi connectivity index (χ2v) is 7.08. The second-order valence-electron chi connectivity index (χ2n) is 6.67. The predicted octanol–water partition coefficient (Wildman–Crippen LogP) is 7.81. The van der Waals surface area contributed by atoms with Crippen LogP contribution in [0.3, 0.4) is 0 Å². The predicted molar refractivity (Wildman–Crippen MR) is 111 cm³/mol. The molecule has 0 amide bonds. The summed E-state index contributed by atoms with van der Waals surface area (Å²) in [6, 6.07) is 26.1. The van der Waals surface area contributed by atoms with Crippen LogP contribution in [0.15, 0.2) is 87.7 Å². The van der Waals surface area contributed by atoms with Crippen LogP contribution in [0.5, 0.6) is 0 Å². The zero-order chi connectivity index (χ0) is 18.0. The van der Waals surface area contributed by atoms with E-state index in [-0.39, 0.29) is 0 Å². The van der Waals surface area contributed by atoms with Crippen LogP contribution in [0.25, 0.3) is 55.0 Å². The zero-order valence-electron chi connectivity index (χ0n) is 14.2. The van der Waals surface area contributed by atoms with Crippen molar-refractivity contribution in [2.75, 3.05) is 0 Å². The summed E-state index contributed by atoms with van der Waals surface area (Å²) in [6.07, 6.45) is 0. The molecule has 6 rings (SSSR count). The first-order chi connectivity index (χ1) is 13.3. The number of hydrogen-bond acceptors (Lipinski definition) is 2. The van der Waals surface area contributed by atoms with Crippen molar-refractivity contribution in [3.05, 3.63) is 83.9 Å². The van der Waals surface area contributed by atoms with E-state index in [9.17, 15) is 0 Å². The Morgan fingerprint density at radius 1 is 0.519 bits per heavy atom. The maximum atomic E-state index is 6.74. The summed E-state index contributed by atoms with van der Waals surface area (Å²) >= 11 is 6.74. The largest absolute Gasteiger partial charge is 0.456 e. The second kappa shape index (κ2) is 5.38. The maximum absolute atomic E-state index is 6.74. The Balaban J connectivity index is 1.85. The molecule has 0 N–H and O–H groups in total. The standard InChI is InChI=1S/C24H13ClO2/c25-17-12-13-21-24(15-7-2-4-10-19(15)27-21)23(17)16-8-5-11-20-22(16)14-6-1-3-9-18(14)26-20/h1-13H. The molecule has 0 bridgehead atoms. The molecule has 27 heavy (non-hydrogen) atoms. The molecule has 0 aliphatic carbocycles. The monoisotopic (exact) mass is 368 g/mol. The van der Waals surface area contributed by atoms with E-state index >= 15 is 0 Å². The van der Waals surface area contributed by atoms with E-state index in [2.05, 4.69) is 18.2 Å². The van der Waals surface area contributed by atoms with Crippen LogP contribution in [0.2, 0.25) is 5.02 Å². The lowest BCUT2D eigenvalue weighted by atomic mass is 9.95. The van der Waals surface area contributed by atoms with Crippen LogP contribution in [0.4, 0.5) is 0 Å². The highest BCUT2D eigenvalue weighted by molar-refractivity contribution is 6.37. The van der Waals surface area contributed by atoms with Crippen molar-refractivity contribution in [1.82, 2.24) is 0 Å². The van der Waals surface area contributed by atoms with Crippen molar-refractivity contribution < 1.29 is 8.83 Å². The average molecular weight is 369 g/mol. The van der Waals surface area contributed by atoms with Gasteiger partial charge in [-0.2, -0.15) is 0 Å². The quantitative estimate of drug-likeness (QED) is 0.296. The van der Waals surface area contributed by atoms with Gasteiger partial charge in [-0.05, 0) is 35.9 Å². The van der Waals surface area contributed by atoms with E-state index in [1.807, 2.05) is 60.7 Å². The highest BCUT2D eigenvalue weighted by atomic mass is 35.5. The van der Waals surface area contributed by atoms with Gasteiger partial charge in [0.15, 0.2) is 0 Å². The Morgan fingerprint density at radius 2 is 1.11 bits per heavy atom. The highest BCUT2D eigenvalue weighted by Crippen LogP contribution is 2.45. The molecule has 0 atom stereocenters. The minimum Gasteiger partial charge on any atom is -0.456 e. The lowest BCUT2D eigenvalue weighted by Gasteiger charge is -2.08. The van der Waals surface area contributed by atoms with Crippen molar-refractivity contribution in [2.24, 2.45) is 0 Å². The van der Waals surface area contributed by atoms with Gasteiger partial charge in [0.25, 0.3) is 0 Å². The number of furan rings is 2. The van der Waals surface area contributed by atoms with Gasteiger partial charge in [0, 0.05) is 32.1 Å². The Hall–Kier alpha value is -3.23. The SMILES string of the molecule is Clc1ccc2oc3ccccc3c2c1-c1cccc2oc3ccccc3c12. The number of benzene rings is 4. The van der Waals surface area contributed by atoms with Gasteiger partial charge in [-0.15, -0.1) is 0 Å². The van der Waals surface area contributed by atoms with E-state index in [1.54, 1.807) is 0 Å². The summed E-state index contributed by atoms with van der Waals surface area (Å²) in [5, 5.41) is 4.97. The smallest absolute Gasteiger partial charge is 0.136 e. The molecular formula is C24H13ClO2. The van der Waals surface area contributed by atoms with Crippen molar-refractivity contribution in [3.63, 3.8) is 0 Å². The fourth-order valence-electron chi connectivity index (χ4n) is 4.04. The summed E-state index contributed by atoms with van der Waals surface area (Å²) in [4.78, 5) is 0. The topological polar surface area (TPSA) is 26.3 Å². The molecule has 0 saturated heterocycles. The average Bonchev–Trinajstić information content (AvgIpc) is 3.26. The van der Waals surface area contributed by atoms with E-state index in [0.29, 0.717) is 5.02 Å². The molecule has 0 saturated carbocycles. The van der Waals surface area contributed by atoms with E-state index in [0.717, 1.165) is 55.0 Å². The molecule has 0 spiro atoms. The van der Waals surface area contributed by atoms with Crippen molar-refractivity contribution in [3.8, 4) is 11.1 Å². The third-order valence-electron chi connectivity index (χ3n) is 5.16. The Kier molecular flexibility index (Phi) is 2.97. The van der Waals surface area contributed by atoms with Crippen molar-refractivity contribution in [1.29, 1.82) is 0 Å². The zero-order valence-corrected chi connectivity index (χ0v) is 15.0. The molecule has 0 unspecified atom stereocenters. The van der Waals surface area contributed by atoms with E-state index in [4.69, 9.17) is 20.4 Å². The van der Waals surface area contributed by atoms with Gasteiger partial charge in [0.2, 0.25) is 0 Å². The minimum absolute atomic E-state index is 0.701. The lowest BCUT2D eigenvalue weighted by Crippen LogP contribution is -1.83. The summed E-state index contributed by atoms with van der Waals surface area (Å²) in [5.41, 5.74) is 5.46. The highest BCUT2D eigenvalue weighted by Gasteiger charge is 2.19. The summed E-state index contributed by atoms with van der Waals surface area (Å²) < 4.78 is 12.1. The first-order valence-electron chi connectivity index (χ1n) is 8.81. The third kappa shape index (κ3) is 2.02. The summed E-state index contributed by atoms with van der Waals surface area (Å²) in [7, 11) is 0. The molecule has 0 fully saturated rings. The molecule has 128 valence electrons. The van der Waals surface area contributed by atoms with Gasteiger partial charge < -0.3 is 8.83 Å². The van der Waals surface area contributed by atoms with Crippen molar-refractivity contribution >= 4 is 55.5 Å². The molecule has 4 aromatic carbocycles. The molecular weight excluding hydrogens is 356 g/mol. The Labute approximate surface area is 159 Å². The molecule has 2 nitrogen and oxygen atoms in total. The van der Waals surface area contributed by atoms with Crippen LogP contribution < -0.4 is 0 Å². The molecule has 2 aromatic heterocycles. The Morgan fingerprint density at radius 3 is 1.85 bits per heavy atom. The fourth-order valence-corrected chi connectivity index (χ4v) is 4.30. The normalized spacial score (nSPS) is 11.9. The number of fused-ring (bicyclic) bond motifs is 6. The van der Waals surface area contributed by atoms with Gasteiger partial charge >= 0.3 is 0 Å². The molecule has 0 aliphatic rings. The lowest BCUT2D eigenvalue weighted by molar-refractivity contribution is 0.668. The van der Waals surface area contributed by atoms with Gasteiger partial charge in [0.05, 0.1) is 0 Å². The summed E-state index contributed by atoms with van der Waals surface area (Å²) in [5.74, 6) is 0. The van der Waals surface area contributed by atoms with Gasteiger partial charge in [-0.25, -0.2) is 0 Å². The number of rotatable bonds is 1. The van der Waals surface area contributed by atoms with Crippen LogP contribution in [0.1, 0.15) is 0 Å². The van der Waals surface area contributed by atoms with Crippen LogP contribution in [-0.2, 0) is 0 Å². The van der Waals surface area contributed by atoms with Crippen molar-refractivity contribution in [2.45, 2.75) is 0 Å². The molecule has 2 heterocycles. The fraction of sp³-hybridized carbons (Fsp3) is 0. The van der Waals surface area contributed by atoms with Gasteiger partial charge in [-0.1, -0.05) is 60.1 Å². The maximum Gasteiger partial charge on any atom is 0.136 e. The van der Waals surface area contributed by atoms with E-state index in [1.165, 1.54) is 0 Å². The Bertz CT molecular complexity index is 1490. The number of para-hydroxylation sites is 2. The van der Waals surface area contributed by atoms with Crippen LogP contribution in [-0.4, -0.2) is 0 Å². The molecule has 0 radical (unpaired) electrons. The van der Waals surface area contributed by atoms with E-state index < -0.39 is 0 Å². The van der Waals surface area contributed by atoms with Gasteiger partial charge in [0.1, 0.15) is 22.3 Å². The molecule has 0 aliphatic heterocycles. The minimum atomic E-state index is 0.701. The molecule has 6 aromatic rings. The third-order valence-corrected chi connectivity index (χ3v) is 5.48. The van der Waals surface area contributed by atoms with Crippen LogP contribution in [0, 0.1) is 0 Å².